The molecule has 5 nitrogen and oxygen atoms in total. The van der Waals surface area contributed by atoms with Gasteiger partial charge in [0.25, 0.3) is 0 Å². The average molecular weight is 318 g/mol. The first-order valence-electron chi connectivity index (χ1n) is 7.68. The first kappa shape index (κ1) is 15.2. The van der Waals surface area contributed by atoms with Crippen LogP contribution in [0.4, 0.5) is 0 Å². The van der Waals surface area contributed by atoms with Gasteiger partial charge in [0.15, 0.2) is 0 Å². The average Bonchev–Trinajstić information content (AvgIpc) is 3.21. The Hall–Kier alpha value is -1.66. The number of carbonyl (C=O) groups is 1. The summed E-state index contributed by atoms with van der Waals surface area (Å²) in [7, 11) is 1.89. The van der Waals surface area contributed by atoms with Crippen LogP contribution in [0.3, 0.4) is 0 Å². The van der Waals surface area contributed by atoms with E-state index in [-0.39, 0.29) is 5.91 Å². The molecule has 0 spiro atoms. The number of thiophene rings is 1. The molecule has 0 atom stereocenters. The number of likely N-dealkylation sites (tertiary alicyclic amines) is 1. The van der Waals surface area contributed by atoms with Crippen LogP contribution in [0.25, 0.3) is 0 Å². The number of hydrogen-bond donors (Lipinski definition) is 0. The number of rotatable bonds is 5. The molecule has 0 bridgehead atoms. The molecule has 0 saturated carbocycles. The molecular weight excluding hydrogens is 296 g/mol. The van der Waals surface area contributed by atoms with Gasteiger partial charge in [-0.3, -0.25) is 9.69 Å². The predicted molar refractivity (Wildman–Crippen MR) is 87.7 cm³/mol. The summed E-state index contributed by atoms with van der Waals surface area (Å²) in [6.45, 7) is 3.18. The first-order valence-corrected chi connectivity index (χ1v) is 8.56. The van der Waals surface area contributed by atoms with Gasteiger partial charge in [0, 0.05) is 43.4 Å². The third kappa shape index (κ3) is 3.75. The molecular formula is C16H22N4OS. The second-order valence-electron chi connectivity index (χ2n) is 5.85. The number of nitrogens with zero attached hydrogens (tertiary/aromatic N) is 4. The van der Waals surface area contributed by atoms with Crippen LogP contribution < -0.4 is 0 Å². The van der Waals surface area contributed by atoms with Gasteiger partial charge in [-0.2, -0.15) is 0 Å². The van der Waals surface area contributed by atoms with Crippen molar-refractivity contribution >= 4 is 17.2 Å². The van der Waals surface area contributed by atoms with Crippen LogP contribution in [-0.4, -0.2) is 51.9 Å². The Morgan fingerprint density at radius 2 is 2.27 bits per heavy atom. The SMILES string of the molecule is CN(Cc1cccs1)C(=O)CN1CCC(n2ccnc2)CC1. The molecule has 1 amide bonds. The molecule has 1 aliphatic rings. The van der Waals surface area contributed by atoms with Crippen LogP contribution in [0.2, 0.25) is 0 Å². The quantitative estimate of drug-likeness (QED) is 0.849. The van der Waals surface area contributed by atoms with Gasteiger partial charge in [-0.25, -0.2) is 4.98 Å². The molecule has 0 aliphatic carbocycles. The van der Waals surface area contributed by atoms with E-state index >= 15 is 0 Å². The number of hydrogen-bond acceptors (Lipinski definition) is 4. The fraction of sp³-hybridized carbons (Fsp3) is 0.500. The lowest BCUT2D eigenvalue weighted by atomic mass is 10.1. The third-order valence-electron chi connectivity index (χ3n) is 4.26. The van der Waals surface area contributed by atoms with Crippen molar-refractivity contribution in [1.82, 2.24) is 19.4 Å². The molecule has 2 aromatic heterocycles. The van der Waals surface area contributed by atoms with Gasteiger partial charge in [-0.1, -0.05) is 6.07 Å². The van der Waals surface area contributed by atoms with Gasteiger partial charge < -0.3 is 9.47 Å². The lowest BCUT2D eigenvalue weighted by Crippen LogP contribution is -2.42. The number of carbonyl (C=O) groups excluding carboxylic acids is 1. The van der Waals surface area contributed by atoms with Gasteiger partial charge in [-0.15, -0.1) is 11.3 Å². The lowest BCUT2D eigenvalue weighted by molar-refractivity contribution is -0.131. The van der Waals surface area contributed by atoms with Crippen molar-refractivity contribution in [3.8, 4) is 0 Å². The molecule has 6 heteroatoms. The molecule has 0 aromatic carbocycles. The lowest BCUT2D eigenvalue weighted by Gasteiger charge is -2.32. The zero-order chi connectivity index (χ0) is 15.4. The van der Waals surface area contributed by atoms with Crippen molar-refractivity contribution in [3.63, 3.8) is 0 Å². The summed E-state index contributed by atoms with van der Waals surface area (Å²) in [4.78, 5) is 21.8. The van der Waals surface area contributed by atoms with Crippen LogP contribution >= 0.6 is 11.3 Å². The van der Waals surface area contributed by atoms with E-state index in [9.17, 15) is 4.79 Å². The van der Waals surface area contributed by atoms with E-state index in [4.69, 9.17) is 0 Å². The smallest absolute Gasteiger partial charge is 0.236 e. The molecule has 1 fully saturated rings. The zero-order valence-corrected chi connectivity index (χ0v) is 13.7. The van der Waals surface area contributed by atoms with Crippen molar-refractivity contribution in [2.24, 2.45) is 0 Å². The Labute approximate surface area is 135 Å². The van der Waals surface area contributed by atoms with E-state index in [0.717, 1.165) is 25.9 Å². The molecule has 118 valence electrons. The summed E-state index contributed by atoms with van der Waals surface area (Å²) in [6.07, 6.45) is 7.91. The highest BCUT2D eigenvalue weighted by atomic mass is 32.1. The highest BCUT2D eigenvalue weighted by Gasteiger charge is 2.22. The summed E-state index contributed by atoms with van der Waals surface area (Å²) in [5.41, 5.74) is 0. The Bertz CT molecular complexity index is 573. The number of imidazole rings is 1. The highest BCUT2D eigenvalue weighted by molar-refractivity contribution is 7.09. The minimum absolute atomic E-state index is 0.203. The standard InChI is InChI=1S/C16H22N4OS/c1-18(11-15-3-2-10-22-15)16(21)12-19-7-4-14(5-8-19)20-9-6-17-13-20/h2-3,6,9-10,13-14H,4-5,7-8,11-12H2,1H3. The second-order valence-corrected chi connectivity index (χ2v) is 6.88. The van der Waals surface area contributed by atoms with E-state index in [1.54, 1.807) is 11.3 Å². The maximum atomic E-state index is 12.3. The summed E-state index contributed by atoms with van der Waals surface area (Å²) < 4.78 is 2.18. The largest absolute Gasteiger partial charge is 0.340 e. The van der Waals surface area contributed by atoms with E-state index < -0.39 is 0 Å². The van der Waals surface area contributed by atoms with E-state index in [2.05, 4.69) is 25.9 Å². The predicted octanol–water partition coefficient (Wildman–Crippen LogP) is 2.24. The van der Waals surface area contributed by atoms with Crippen LogP contribution in [0.1, 0.15) is 23.8 Å². The van der Waals surface area contributed by atoms with Crippen molar-refractivity contribution in [3.05, 3.63) is 41.1 Å². The summed E-state index contributed by atoms with van der Waals surface area (Å²) >= 11 is 1.70. The van der Waals surface area contributed by atoms with Gasteiger partial charge in [0.05, 0.1) is 19.4 Å². The minimum atomic E-state index is 0.203. The first-order chi connectivity index (χ1) is 10.7. The van der Waals surface area contributed by atoms with Gasteiger partial charge in [0.1, 0.15) is 0 Å². The summed E-state index contributed by atoms with van der Waals surface area (Å²) in [5, 5.41) is 2.05. The van der Waals surface area contributed by atoms with Crippen molar-refractivity contribution < 1.29 is 4.79 Å². The van der Waals surface area contributed by atoms with Crippen LogP contribution in [0.15, 0.2) is 36.2 Å². The molecule has 2 aromatic rings. The van der Waals surface area contributed by atoms with E-state index in [1.165, 1.54) is 4.88 Å². The molecule has 1 aliphatic heterocycles. The van der Waals surface area contributed by atoms with Crippen molar-refractivity contribution in [1.29, 1.82) is 0 Å². The third-order valence-corrected chi connectivity index (χ3v) is 5.12. The molecule has 3 rings (SSSR count). The molecule has 0 N–H and O–H groups in total. The van der Waals surface area contributed by atoms with Gasteiger partial charge >= 0.3 is 0 Å². The molecule has 3 heterocycles. The Kier molecular flexibility index (Phi) is 4.90. The Morgan fingerprint density at radius 3 is 2.91 bits per heavy atom. The fourth-order valence-corrected chi connectivity index (χ4v) is 3.65. The van der Waals surface area contributed by atoms with Gasteiger partial charge in [-0.05, 0) is 24.3 Å². The molecule has 0 unspecified atom stereocenters. The number of likely N-dealkylation sites (N-methyl/N-ethyl adjacent to an activating group) is 1. The topological polar surface area (TPSA) is 41.4 Å². The van der Waals surface area contributed by atoms with Crippen LogP contribution in [0, 0.1) is 0 Å². The Balaban J connectivity index is 1.45. The number of amides is 1. The van der Waals surface area contributed by atoms with Crippen LogP contribution in [-0.2, 0) is 11.3 Å². The molecule has 0 radical (unpaired) electrons. The molecule has 22 heavy (non-hydrogen) atoms. The minimum Gasteiger partial charge on any atom is -0.340 e. The van der Waals surface area contributed by atoms with Crippen molar-refractivity contribution in [2.45, 2.75) is 25.4 Å². The van der Waals surface area contributed by atoms with E-state index in [0.29, 0.717) is 19.1 Å². The van der Waals surface area contributed by atoms with Gasteiger partial charge in [0.2, 0.25) is 5.91 Å². The normalized spacial score (nSPS) is 16.8. The van der Waals surface area contributed by atoms with Crippen LogP contribution in [0.5, 0.6) is 0 Å². The number of aromatic nitrogens is 2. The zero-order valence-electron chi connectivity index (χ0n) is 12.9. The Morgan fingerprint density at radius 1 is 1.45 bits per heavy atom. The maximum Gasteiger partial charge on any atom is 0.236 e. The monoisotopic (exact) mass is 318 g/mol. The van der Waals surface area contributed by atoms with Crippen molar-refractivity contribution in [2.75, 3.05) is 26.7 Å². The fourth-order valence-electron chi connectivity index (χ4n) is 2.90. The summed E-state index contributed by atoms with van der Waals surface area (Å²) in [6, 6.07) is 4.63. The number of piperidine rings is 1. The highest BCUT2D eigenvalue weighted by Crippen LogP contribution is 2.22. The summed E-state index contributed by atoms with van der Waals surface area (Å²) in [5.74, 6) is 0.203. The van der Waals surface area contributed by atoms with E-state index in [1.807, 2.05) is 36.7 Å². The molecule has 1 saturated heterocycles. The second kappa shape index (κ2) is 7.07. The maximum absolute atomic E-state index is 12.3.